The number of benzene rings is 3. The van der Waals surface area contributed by atoms with Gasteiger partial charge in [0, 0.05) is 10.7 Å². The molecule has 0 fully saturated rings. The largest absolute Gasteiger partial charge is 0.481 e. The third-order valence-electron chi connectivity index (χ3n) is 5.01. The van der Waals surface area contributed by atoms with E-state index >= 15 is 0 Å². The minimum Gasteiger partial charge on any atom is -0.481 e. The molecule has 0 radical (unpaired) electrons. The second-order valence-electron chi connectivity index (χ2n) is 8.78. The quantitative estimate of drug-likeness (QED) is 0.372. The van der Waals surface area contributed by atoms with Crippen molar-refractivity contribution in [3.63, 3.8) is 0 Å². The van der Waals surface area contributed by atoms with E-state index in [9.17, 15) is 13.2 Å². The first-order valence-corrected chi connectivity index (χ1v) is 12.7. The SMILES string of the molecule is CC(Oc1ccc(C(C)(C)C)cc1)C(=O)Nc1ccc(S(=O)(=O)Nc2ccc(Cl)cc2Cl)cc1. The average Bonchev–Trinajstić information content (AvgIpc) is 2.76. The van der Waals surface area contributed by atoms with Crippen molar-refractivity contribution in [3.05, 3.63) is 82.3 Å². The minimum absolute atomic E-state index is 0.0137. The van der Waals surface area contributed by atoms with Gasteiger partial charge in [-0.1, -0.05) is 56.1 Å². The summed E-state index contributed by atoms with van der Waals surface area (Å²) in [6, 6.07) is 17.9. The van der Waals surface area contributed by atoms with Gasteiger partial charge in [0.2, 0.25) is 0 Å². The molecule has 0 bridgehead atoms. The number of anilines is 2. The van der Waals surface area contributed by atoms with Crippen LogP contribution in [0.15, 0.2) is 71.6 Å². The molecule has 1 atom stereocenters. The van der Waals surface area contributed by atoms with Crippen molar-refractivity contribution in [3.8, 4) is 5.75 Å². The molecular formula is C25H26Cl2N2O4S. The molecule has 2 N–H and O–H groups in total. The predicted octanol–water partition coefficient (Wildman–Crippen LogP) is 6.50. The summed E-state index contributed by atoms with van der Waals surface area (Å²) >= 11 is 11.9. The maximum atomic E-state index is 12.7. The van der Waals surface area contributed by atoms with Crippen LogP contribution in [0.4, 0.5) is 11.4 Å². The molecule has 3 aromatic rings. The van der Waals surface area contributed by atoms with E-state index < -0.39 is 16.1 Å². The molecule has 0 aliphatic rings. The molecule has 3 aromatic carbocycles. The van der Waals surface area contributed by atoms with Crippen LogP contribution in [0.3, 0.4) is 0 Å². The topological polar surface area (TPSA) is 84.5 Å². The molecule has 0 saturated heterocycles. The summed E-state index contributed by atoms with van der Waals surface area (Å²) in [7, 11) is -3.88. The predicted molar refractivity (Wildman–Crippen MR) is 138 cm³/mol. The Morgan fingerprint density at radius 3 is 2.12 bits per heavy atom. The summed E-state index contributed by atoms with van der Waals surface area (Å²) in [5.41, 5.74) is 1.84. The van der Waals surface area contributed by atoms with Gasteiger partial charge in [0.05, 0.1) is 15.6 Å². The van der Waals surface area contributed by atoms with Crippen molar-refractivity contribution in [1.82, 2.24) is 0 Å². The Morgan fingerprint density at radius 1 is 0.941 bits per heavy atom. The normalized spacial score (nSPS) is 12.6. The van der Waals surface area contributed by atoms with Gasteiger partial charge in [-0.3, -0.25) is 9.52 Å². The monoisotopic (exact) mass is 520 g/mol. The number of hydrogen-bond acceptors (Lipinski definition) is 4. The van der Waals surface area contributed by atoms with E-state index in [1.807, 2.05) is 24.3 Å². The summed E-state index contributed by atoms with van der Waals surface area (Å²) in [6.07, 6.45) is -0.752. The Hall–Kier alpha value is -2.74. The number of amides is 1. The maximum Gasteiger partial charge on any atom is 0.265 e. The Bertz CT molecular complexity index is 1270. The van der Waals surface area contributed by atoms with Gasteiger partial charge < -0.3 is 10.1 Å². The van der Waals surface area contributed by atoms with E-state index in [-0.39, 0.29) is 26.9 Å². The van der Waals surface area contributed by atoms with Gasteiger partial charge in [-0.05, 0) is 72.5 Å². The van der Waals surface area contributed by atoms with Crippen LogP contribution >= 0.6 is 23.2 Å². The number of hydrogen-bond donors (Lipinski definition) is 2. The molecule has 0 saturated carbocycles. The van der Waals surface area contributed by atoms with Crippen LogP contribution in [0, 0.1) is 0 Å². The Kier molecular flexibility index (Phi) is 7.81. The van der Waals surface area contributed by atoms with E-state index in [0.717, 1.165) is 0 Å². The standard InChI is InChI=1S/C25H26Cl2N2O4S/c1-16(33-20-10-5-17(6-11-20)25(2,3)4)24(30)28-19-8-12-21(13-9-19)34(31,32)29-23-14-7-18(26)15-22(23)27/h5-16,29H,1-4H3,(H,28,30). The Morgan fingerprint density at radius 2 is 1.56 bits per heavy atom. The average molecular weight is 521 g/mol. The zero-order valence-corrected chi connectivity index (χ0v) is 21.6. The van der Waals surface area contributed by atoms with Crippen LogP contribution in [0.5, 0.6) is 5.75 Å². The van der Waals surface area contributed by atoms with E-state index in [4.69, 9.17) is 27.9 Å². The summed E-state index contributed by atoms with van der Waals surface area (Å²) in [6.45, 7) is 8.01. The number of sulfonamides is 1. The second-order valence-corrected chi connectivity index (χ2v) is 11.3. The molecule has 0 aromatic heterocycles. The molecule has 3 rings (SSSR count). The first-order valence-electron chi connectivity index (χ1n) is 10.5. The van der Waals surface area contributed by atoms with E-state index in [1.165, 1.54) is 48.0 Å². The van der Waals surface area contributed by atoms with Crippen LogP contribution < -0.4 is 14.8 Å². The molecule has 180 valence electrons. The molecule has 0 aliphatic heterocycles. The molecule has 9 heteroatoms. The lowest BCUT2D eigenvalue weighted by molar-refractivity contribution is -0.122. The van der Waals surface area contributed by atoms with E-state index in [0.29, 0.717) is 16.5 Å². The highest BCUT2D eigenvalue weighted by molar-refractivity contribution is 7.92. The van der Waals surface area contributed by atoms with Crippen LogP contribution in [0.2, 0.25) is 10.0 Å². The van der Waals surface area contributed by atoms with E-state index in [1.54, 1.807) is 6.92 Å². The smallest absolute Gasteiger partial charge is 0.265 e. The van der Waals surface area contributed by atoms with Gasteiger partial charge in [-0.25, -0.2) is 8.42 Å². The molecule has 0 spiro atoms. The van der Waals surface area contributed by atoms with Crippen molar-refractivity contribution in [2.45, 2.75) is 44.1 Å². The zero-order valence-electron chi connectivity index (χ0n) is 19.2. The highest BCUT2D eigenvalue weighted by Crippen LogP contribution is 2.28. The molecule has 6 nitrogen and oxygen atoms in total. The summed E-state index contributed by atoms with van der Waals surface area (Å²) < 4.78 is 33.5. The third kappa shape index (κ3) is 6.65. The molecule has 1 amide bonds. The molecular weight excluding hydrogens is 495 g/mol. The Balaban J connectivity index is 1.62. The minimum atomic E-state index is -3.88. The lowest BCUT2D eigenvalue weighted by atomic mass is 9.87. The highest BCUT2D eigenvalue weighted by atomic mass is 35.5. The number of carbonyl (C=O) groups is 1. The first-order chi connectivity index (χ1) is 15.8. The maximum absolute atomic E-state index is 12.7. The van der Waals surface area contributed by atoms with Crippen molar-refractivity contribution >= 4 is 50.5 Å². The highest BCUT2D eigenvalue weighted by Gasteiger charge is 2.19. The fourth-order valence-electron chi connectivity index (χ4n) is 3.03. The van der Waals surface area contributed by atoms with Crippen LogP contribution in [0.25, 0.3) is 0 Å². The second kappa shape index (κ2) is 10.3. The number of carbonyl (C=O) groups excluding carboxylic acids is 1. The lowest BCUT2D eigenvalue weighted by Gasteiger charge is -2.20. The number of ether oxygens (including phenoxy) is 1. The first kappa shape index (κ1) is 25.9. The summed E-state index contributed by atoms with van der Waals surface area (Å²) in [5.74, 6) is 0.227. The fraction of sp³-hybridized carbons (Fsp3) is 0.240. The van der Waals surface area contributed by atoms with Crippen molar-refractivity contribution < 1.29 is 17.9 Å². The molecule has 34 heavy (non-hydrogen) atoms. The van der Waals surface area contributed by atoms with E-state index in [2.05, 4.69) is 30.8 Å². The van der Waals surface area contributed by atoms with Crippen LogP contribution in [-0.2, 0) is 20.2 Å². The molecule has 1 unspecified atom stereocenters. The number of rotatable bonds is 7. The van der Waals surface area contributed by atoms with Gasteiger partial charge in [0.25, 0.3) is 15.9 Å². The van der Waals surface area contributed by atoms with Gasteiger partial charge in [-0.2, -0.15) is 0 Å². The van der Waals surface area contributed by atoms with Gasteiger partial charge in [-0.15, -0.1) is 0 Å². The fourth-order valence-corrected chi connectivity index (χ4v) is 4.62. The van der Waals surface area contributed by atoms with Crippen molar-refractivity contribution in [2.75, 3.05) is 10.0 Å². The van der Waals surface area contributed by atoms with Gasteiger partial charge >= 0.3 is 0 Å². The lowest BCUT2D eigenvalue weighted by Crippen LogP contribution is -2.30. The third-order valence-corrected chi connectivity index (χ3v) is 6.94. The van der Waals surface area contributed by atoms with Crippen molar-refractivity contribution in [1.29, 1.82) is 0 Å². The number of nitrogens with one attached hydrogen (secondary N) is 2. The van der Waals surface area contributed by atoms with Crippen molar-refractivity contribution in [2.24, 2.45) is 0 Å². The van der Waals surface area contributed by atoms with Gasteiger partial charge in [0.15, 0.2) is 6.10 Å². The summed E-state index contributed by atoms with van der Waals surface area (Å²) in [5, 5.41) is 3.31. The van der Waals surface area contributed by atoms with Crippen LogP contribution in [-0.4, -0.2) is 20.4 Å². The Labute approximate surface area is 210 Å². The molecule has 0 heterocycles. The molecule has 0 aliphatic carbocycles. The summed E-state index contributed by atoms with van der Waals surface area (Å²) in [4.78, 5) is 12.6. The zero-order chi connectivity index (χ0) is 25.1. The van der Waals surface area contributed by atoms with Crippen LogP contribution in [0.1, 0.15) is 33.3 Å². The van der Waals surface area contributed by atoms with Gasteiger partial charge in [0.1, 0.15) is 5.75 Å². The number of halogens is 2.